The van der Waals surface area contributed by atoms with Crippen LogP contribution in [0.5, 0.6) is 0 Å². The van der Waals surface area contributed by atoms with E-state index in [-0.39, 0.29) is 17.4 Å². The summed E-state index contributed by atoms with van der Waals surface area (Å²) in [5.41, 5.74) is 8.97. The van der Waals surface area contributed by atoms with E-state index < -0.39 is 0 Å². The molecule has 0 atom stereocenters. The molecule has 6 nitrogen and oxygen atoms in total. The summed E-state index contributed by atoms with van der Waals surface area (Å²) in [4.78, 5) is 24.1. The monoisotopic (exact) mass is 614 g/mol. The molecular weight excluding hydrogens is 582 g/mol. The van der Waals surface area contributed by atoms with Gasteiger partial charge in [-0.1, -0.05) is 6.08 Å². The third-order valence-corrected chi connectivity index (χ3v) is 8.84. The highest BCUT2D eigenvalue weighted by Crippen LogP contribution is 2.32. The lowest BCUT2D eigenvalue weighted by Crippen LogP contribution is -2.00. The van der Waals surface area contributed by atoms with Gasteiger partial charge in [-0.2, -0.15) is 10.2 Å². The van der Waals surface area contributed by atoms with Gasteiger partial charge in [0.2, 0.25) is 0 Å². The molecule has 46 heavy (non-hydrogen) atoms. The summed E-state index contributed by atoms with van der Waals surface area (Å²) in [6.07, 6.45) is 10.8. The molecular formula is C38H32F2N4O2. The molecule has 0 amide bonds. The van der Waals surface area contributed by atoms with E-state index >= 15 is 0 Å². The Balaban J connectivity index is 0.000000147. The SMILES string of the molecule is C/C=C1/C(=O)CCCc2cc3c(cnn3-c3ccc(F)cc3)cc21.O=C1CCCc2cc3c(cnn3-c3ccc(F)cc3)cc2C1. The van der Waals surface area contributed by atoms with Crippen LogP contribution in [0, 0.1) is 11.6 Å². The standard InChI is InChI=1S/C20H17FN2O.C18H15FN2O/c1-2-17-18-10-14-12-22-23(16-8-6-15(21)7-9-16)19(14)11-13(18)4-3-5-20(17)24;19-15-4-6-16(7-5-15)21-18-10-12-2-1-3-17(22)9-13(12)8-14(18)11-20-21/h2,6-12H,3-5H2,1H3;4-8,10-11H,1-3,9H2/b17-2+;. The van der Waals surface area contributed by atoms with Gasteiger partial charge in [0.1, 0.15) is 17.4 Å². The molecule has 0 radical (unpaired) electrons. The molecule has 0 bridgehead atoms. The number of benzene rings is 4. The molecule has 6 aromatic rings. The summed E-state index contributed by atoms with van der Waals surface area (Å²) in [6, 6.07) is 21.0. The van der Waals surface area contributed by atoms with Gasteiger partial charge >= 0.3 is 0 Å². The number of Topliss-reactive ketones (excluding diaryl/α,β-unsaturated/α-hetero) is 2. The van der Waals surface area contributed by atoms with Crippen molar-refractivity contribution in [1.82, 2.24) is 19.6 Å². The van der Waals surface area contributed by atoms with Crippen molar-refractivity contribution in [3.05, 3.63) is 125 Å². The highest BCUT2D eigenvalue weighted by Gasteiger charge is 2.21. The van der Waals surface area contributed by atoms with Crippen LogP contribution in [0.3, 0.4) is 0 Å². The summed E-state index contributed by atoms with van der Waals surface area (Å²) < 4.78 is 29.9. The highest BCUT2D eigenvalue weighted by molar-refractivity contribution is 6.22. The Morgan fingerprint density at radius 2 is 1.20 bits per heavy atom. The van der Waals surface area contributed by atoms with Crippen molar-refractivity contribution in [1.29, 1.82) is 0 Å². The fourth-order valence-electron chi connectivity index (χ4n) is 6.53. The minimum atomic E-state index is -0.264. The van der Waals surface area contributed by atoms with E-state index in [9.17, 15) is 18.4 Å². The number of rotatable bonds is 2. The molecule has 0 unspecified atom stereocenters. The van der Waals surface area contributed by atoms with Crippen molar-refractivity contribution < 1.29 is 18.4 Å². The van der Waals surface area contributed by atoms with Crippen molar-refractivity contribution >= 4 is 38.9 Å². The number of fused-ring (bicyclic) bond motifs is 4. The molecule has 0 saturated carbocycles. The van der Waals surface area contributed by atoms with Crippen LogP contribution in [0.15, 0.2) is 91.3 Å². The maximum absolute atomic E-state index is 13.2. The Kier molecular flexibility index (Phi) is 7.86. The van der Waals surface area contributed by atoms with Crippen LogP contribution in [-0.4, -0.2) is 31.1 Å². The first-order valence-electron chi connectivity index (χ1n) is 15.6. The molecule has 2 aliphatic rings. The lowest BCUT2D eigenvalue weighted by Gasteiger charge is -2.10. The van der Waals surface area contributed by atoms with Gasteiger partial charge < -0.3 is 0 Å². The van der Waals surface area contributed by atoms with Crippen molar-refractivity contribution in [3.63, 3.8) is 0 Å². The van der Waals surface area contributed by atoms with Gasteiger partial charge in [0.25, 0.3) is 0 Å². The van der Waals surface area contributed by atoms with E-state index in [4.69, 9.17) is 0 Å². The van der Waals surface area contributed by atoms with Crippen LogP contribution < -0.4 is 0 Å². The fraction of sp³-hybridized carbons (Fsp3) is 0.211. The van der Waals surface area contributed by atoms with Gasteiger partial charge in [0, 0.05) is 35.6 Å². The van der Waals surface area contributed by atoms with Gasteiger partial charge in [-0.15, -0.1) is 0 Å². The lowest BCUT2D eigenvalue weighted by molar-refractivity contribution is -0.118. The van der Waals surface area contributed by atoms with Crippen LogP contribution in [0.25, 0.3) is 38.8 Å². The number of carbonyl (C=O) groups is 2. The third kappa shape index (κ3) is 5.67. The Morgan fingerprint density at radius 3 is 1.80 bits per heavy atom. The van der Waals surface area contributed by atoms with E-state index in [0.29, 0.717) is 25.0 Å². The molecule has 0 spiro atoms. The largest absolute Gasteiger partial charge is 0.299 e. The molecule has 0 saturated heterocycles. The van der Waals surface area contributed by atoms with Gasteiger partial charge in [-0.05, 0) is 128 Å². The lowest BCUT2D eigenvalue weighted by atomic mass is 9.96. The van der Waals surface area contributed by atoms with E-state index in [2.05, 4.69) is 34.5 Å². The second-order valence-electron chi connectivity index (χ2n) is 11.9. The van der Waals surface area contributed by atoms with E-state index in [1.807, 2.05) is 22.4 Å². The van der Waals surface area contributed by atoms with Gasteiger partial charge in [-0.3, -0.25) is 9.59 Å². The number of nitrogens with zero attached hydrogens (tertiary/aromatic N) is 4. The molecule has 8 heteroatoms. The number of ketones is 2. The summed E-state index contributed by atoms with van der Waals surface area (Å²) in [7, 11) is 0. The number of halogens is 2. The second-order valence-corrected chi connectivity index (χ2v) is 11.9. The van der Waals surface area contributed by atoms with E-state index in [1.54, 1.807) is 36.7 Å². The molecule has 2 aliphatic carbocycles. The number of allylic oxidation sites excluding steroid dienone is 2. The molecule has 230 valence electrons. The first-order chi connectivity index (χ1) is 22.4. The first kappa shape index (κ1) is 29.5. The molecule has 2 heterocycles. The topological polar surface area (TPSA) is 69.8 Å². The summed E-state index contributed by atoms with van der Waals surface area (Å²) >= 11 is 0. The Morgan fingerprint density at radius 1 is 0.652 bits per heavy atom. The van der Waals surface area contributed by atoms with Crippen LogP contribution in [0.2, 0.25) is 0 Å². The maximum atomic E-state index is 13.2. The van der Waals surface area contributed by atoms with Gasteiger partial charge in [-0.25, -0.2) is 18.1 Å². The number of hydrogen-bond acceptors (Lipinski definition) is 4. The Bertz CT molecular complexity index is 2140. The molecule has 0 aliphatic heterocycles. The highest BCUT2D eigenvalue weighted by atomic mass is 19.1. The minimum absolute atomic E-state index is 0.210. The van der Waals surface area contributed by atoms with Gasteiger partial charge in [0.15, 0.2) is 5.78 Å². The average molecular weight is 615 g/mol. The maximum Gasteiger partial charge on any atom is 0.163 e. The number of carbonyl (C=O) groups excluding carboxylic acids is 2. The van der Waals surface area contributed by atoms with Crippen LogP contribution in [0.1, 0.15) is 54.9 Å². The summed E-state index contributed by atoms with van der Waals surface area (Å²) in [5.74, 6) is -0.00143. The number of hydrogen-bond donors (Lipinski definition) is 0. The fourth-order valence-corrected chi connectivity index (χ4v) is 6.53. The summed E-state index contributed by atoms with van der Waals surface area (Å²) in [6.45, 7) is 1.91. The van der Waals surface area contributed by atoms with Gasteiger partial charge in [0.05, 0.1) is 34.8 Å². The molecule has 0 fully saturated rings. The zero-order valence-electron chi connectivity index (χ0n) is 25.5. The molecule has 2 aromatic heterocycles. The summed E-state index contributed by atoms with van der Waals surface area (Å²) in [5, 5.41) is 10.9. The normalized spacial score (nSPS) is 15.7. The zero-order valence-corrected chi connectivity index (χ0v) is 25.5. The second kappa shape index (κ2) is 12.3. The number of aryl methyl sites for hydroxylation is 2. The molecule has 0 N–H and O–H groups in total. The zero-order chi connectivity index (χ0) is 31.8. The number of aromatic nitrogens is 4. The van der Waals surface area contributed by atoms with E-state index in [0.717, 1.165) is 75.6 Å². The first-order valence-corrected chi connectivity index (χ1v) is 15.6. The van der Waals surface area contributed by atoms with E-state index in [1.165, 1.54) is 35.4 Å². The smallest absolute Gasteiger partial charge is 0.163 e. The van der Waals surface area contributed by atoms with Crippen molar-refractivity contribution in [3.8, 4) is 11.4 Å². The van der Waals surface area contributed by atoms with Crippen LogP contribution >= 0.6 is 0 Å². The Hall–Kier alpha value is -5.24. The molecule has 4 aromatic carbocycles. The third-order valence-electron chi connectivity index (χ3n) is 8.84. The predicted octanol–water partition coefficient (Wildman–Crippen LogP) is 8.09. The van der Waals surface area contributed by atoms with Crippen LogP contribution in [-0.2, 0) is 28.9 Å². The predicted molar refractivity (Wildman–Crippen MR) is 175 cm³/mol. The van der Waals surface area contributed by atoms with Crippen molar-refractivity contribution in [2.24, 2.45) is 0 Å². The quantitative estimate of drug-likeness (QED) is 0.146. The van der Waals surface area contributed by atoms with Crippen molar-refractivity contribution in [2.45, 2.75) is 51.9 Å². The average Bonchev–Trinajstić information content (AvgIpc) is 3.55. The van der Waals surface area contributed by atoms with Crippen LogP contribution in [0.4, 0.5) is 8.78 Å². The minimum Gasteiger partial charge on any atom is -0.299 e. The Labute approximate surface area is 265 Å². The molecule has 8 rings (SSSR count). The van der Waals surface area contributed by atoms with Crippen molar-refractivity contribution in [2.75, 3.05) is 0 Å².